The van der Waals surface area contributed by atoms with Crippen LogP contribution < -0.4 is 10.6 Å². The lowest BCUT2D eigenvalue weighted by molar-refractivity contribution is 0.0945. The van der Waals surface area contributed by atoms with E-state index in [2.05, 4.69) is 27.5 Å². The zero-order valence-electron chi connectivity index (χ0n) is 11.8. The van der Waals surface area contributed by atoms with E-state index in [1.165, 1.54) is 6.20 Å². The summed E-state index contributed by atoms with van der Waals surface area (Å²) in [4.78, 5) is 20.3. The van der Waals surface area contributed by atoms with Crippen molar-refractivity contribution in [3.63, 3.8) is 0 Å². The second-order valence-electron chi connectivity index (χ2n) is 4.53. The van der Waals surface area contributed by atoms with Crippen LogP contribution in [0.2, 0.25) is 5.02 Å². The predicted octanol–water partition coefficient (Wildman–Crippen LogP) is 2.88. The van der Waals surface area contributed by atoms with Crippen molar-refractivity contribution >= 4 is 23.3 Å². The molecule has 2 rings (SSSR count). The quantitative estimate of drug-likeness (QED) is 0.861. The van der Waals surface area contributed by atoms with Crippen LogP contribution in [0.1, 0.15) is 29.4 Å². The average Bonchev–Trinajstić information content (AvgIpc) is 2.51. The second-order valence-corrected chi connectivity index (χ2v) is 4.97. The van der Waals surface area contributed by atoms with Gasteiger partial charge in [-0.15, -0.1) is 0 Å². The van der Waals surface area contributed by atoms with Crippen LogP contribution in [0.5, 0.6) is 0 Å². The molecule has 2 aromatic rings. The molecule has 110 valence electrons. The smallest absolute Gasteiger partial charge is 0.271 e. The van der Waals surface area contributed by atoms with Gasteiger partial charge >= 0.3 is 0 Å². The Labute approximate surface area is 128 Å². The summed E-state index contributed by atoms with van der Waals surface area (Å²) in [5, 5.41) is 6.54. The monoisotopic (exact) mass is 304 g/mol. The number of aromatic nitrogens is 2. The van der Waals surface area contributed by atoms with E-state index in [1.807, 2.05) is 18.2 Å². The number of nitrogens with zero attached hydrogens (tertiary/aromatic N) is 2. The summed E-state index contributed by atoms with van der Waals surface area (Å²) in [5.74, 6) is 0.342. The lowest BCUT2D eigenvalue weighted by Gasteiger charge is -2.07. The molecule has 0 aliphatic heterocycles. The van der Waals surface area contributed by atoms with Gasteiger partial charge in [-0.25, -0.2) is 4.98 Å². The molecule has 0 unspecified atom stereocenters. The van der Waals surface area contributed by atoms with Crippen molar-refractivity contribution in [2.24, 2.45) is 0 Å². The molecule has 6 heteroatoms. The number of benzene rings is 1. The van der Waals surface area contributed by atoms with Crippen LogP contribution in [-0.2, 0) is 6.54 Å². The summed E-state index contributed by atoms with van der Waals surface area (Å²) in [6, 6.07) is 7.35. The molecule has 1 aromatic heterocycles. The Hall–Kier alpha value is -2.14. The van der Waals surface area contributed by atoms with Gasteiger partial charge < -0.3 is 10.6 Å². The largest absolute Gasteiger partial charge is 0.369 e. The van der Waals surface area contributed by atoms with Gasteiger partial charge in [0.25, 0.3) is 5.91 Å². The van der Waals surface area contributed by atoms with E-state index in [4.69, 9.17) is 11.6 Å². The average molecular weight is 305 g/mol. The Morgan fingerprint density at radius 1 is 1.33 bits per heavy atom. The fourth-order valence-electron chi connectivity index (χ4n) is 1.73. The molecule has 2 N–H and O–H groups in total. The number of anilines is 1. The van der Waals surface area contributed by atoms with Crippen molar-refractivity contribution in [1.82, 2.24) is 15.3 Å². The van der Waals surface area contributed by atoms with Gasteiger partial charge in [-0.2, -0.15) is 0 Å². The highest BCUT2D eigenvalue weighted by Crippen LogP contribution is 2.10. The summed E-state index contributed by atoms with van der Waals surface area (Å²) in [7, 11) is 0. The number of carbonyl (C=O) groups excluding carboxylic acids is 1. The number of carbonyl (C=O) groups is 1. The lowest BCUT2D eigenvalue weighted by Crippen LogP contribution is -2.24. The number of amides is 1. The van der Waals surface area contributed by atoms with Crippen LogP contribution >= 0.6 is 11.6 Å². The van der Waals surface area contributed by atoms with Gasteiger partial charge in [-0.05, 0) is 24.1 Å². The Morgan fingerprint density at radius 3 is 2.95 bits per heavy atom. The van der Waals surface area contributed by atoms with Crippen LogP contribution in [-0.4, -0.2) is 22.4 Å². The topological polar surface area (TPSA) is 66.9 Å². The van der Waals surface area contributed by atoms with Crippen molar-refractivity contribution in [2.45, 2.75) is 19.9 Å². The number of halogens is 1. The molecule has 0 aliphatic rings. The highest BCUT2D eigenvalue weighted by molar-refractivity contribution is 6.30. The Bertz CT molecular complexity index is 618. The molecule has 0 atom stereocenters. The van der Waals surface area contributed by atoms with Crippen LogP contribution in [0, 0.1) is 0 Å². The minimum Gasteiger partial charge on any atom is -0.369 e. The highest BCUT2D eigenvalue weighted by Gasteiger charge is 2.08. The SMILES string of the molecule is CCCNc1cncc(C(=O)NCc2cccc(Cl)c2)n1. The molecule has 1 heterocycles. The molecule has 21 heavy (non-hydrogen) atoms. The maximum Gasteiger partial charge on any atom is 0.271 e. The fourth-order valence-corrected chi connectivity index (χ4v) is 1.95. The molecule has 1 aromatic carbocycles. The van der Waals surface area contributed by atoms with Gasteiger partial charge in [0.15, 0.2) is 0 Å². The first-order chi connectivity index (χ1) is 10.2. The van der Waals surface area contributed by atoms with Gasteiger partial charge in [0.05, 0.1) is 12.4 Å². The van der Waals surface area contributed by atoms with Crippen molar-refractivity contribution in [2.75, 3.05) is 11.9 Å². The predicted molar refractivity (Wildman–Crippen MR) is 83.4 cm³/mol. The standard InChI is InChI=1S/C15H17ClN4O/c1-2-6-18-14-10-17-9-13(20-14)15(21)19-8-11-4-3-5-12(16)7-11/h3-5,7,9-10H,2,6,8H2,1H3,(H,18,20)(H,19,21). The molecule has 0 fully saturated rings. The third-order valence-corrected chi connectivity index (χ3v) is 3.00. The van der Waals surface area contributed by atoms with Crippen LogP contribution in [0.4, 0.5) is 5.82 Å². The Kier molecular flexibility index (Phi) is 5.51. The second kappa shape index (κ2) is 7.59. The van der Waals surface area contributed by atoms with E-state index < -0.39 is 0 Å². The third-order valence-electron chi connectivity index (χ3n) is 2.77. The number of nitrogens with one attached hydrogen (secondary N) is 2. The van der Waals surface area contributed by atoms with Crippen LogP contribution in [0.25, 0.3) is 0 Å². The van der Waals surface area contributed by atoms with Crippen molar-refractivity contribution in [3.05, 3.63) is 52.9 Å². The summed E-state index contributed by atoms with van der Waals surface area (Å²) in [6.45, 7) is 3.25. The molecule has 5 nitrogen and oxygen atoms in total. The molecule has 0 spiro atoms. The Balaban J connectivity index is 1.96. The van der Waals surface area contributed by atoms with E-state index in [0.29, 0.717) is 17.4 Å². The van der Waals surface area contributed by atoms with E-state index in [9.17, 15) is 4.79 Å². The summed E-state index contributed by atoms with van der Waals surface area (Å²) < 4.78 is 0. The van der Waals surface area contributed by atoms with Gasteiger partial charge in [0, 0.05) is 18.1 Å². The van der Waals surface area contributed by atoms with Gasteiger partial charge in [-0.3, -0.25) is 9.78 Å². The molecular formula is C15H17ClN4O. The zero-order chi connectivity index (χ0) is 15.1. The minimum absolute atomic E-state index is 0.261. The normalized spacial score (nSPS) is 10.2. The zero-order valence-corrected chi connectivity index (χ0v) is 12.5. The molecule has 0 radical (unpaired) electrons. The molecule has 0 saturated carbocycles. The lowest BCUT2D eigenvalue weighted by atomic mass is 10.2. The van der Waals surface area contributed by atoms with E-state index in [1.54, 1.807) is 12.3 Å². The van der Waals surface area contributed by atoms with Gasteiger partial charge in [0.1, 0.15) is 11.5 Å². The Morgan fingerprint density at radius 2 is 2.19 bits per heavy atom. The van der Waals surface area contributed by atoms with Crippen molar-refractivity contribution < 1.29 is 4.79 Å². The van der Waals surface area contributed by atoms with Gasteiger partial charge in [0.2, 0.25) is 0 Å². The highest BCUT2D eigenvalue weighted by atomic mass is 35.5. The minimum atomic E-state index is -0.261. The van der Waals surface area contributed by atoms with E-state index >= 15 is 0 Å². The van der Waals surface area contributed by atoms with Crippen molar-refractivity contribution in [1.29, 1.82) is 0 Å². The van der Waals surface area contributed by atoms with Crippen LogP contribution in [0.3, 0.4) is 0 Å². The summed E-state index contributed by atoms with van der Waals surface area (Å²) in [5.41, 5.74) is 1.22. The maximum absolute atomic E-state index is 12.1. The van der Waals surface area contributed by atoms with E-state index in [-0.39, 0.29) is 11.6 Å². The number of hydrogen-bond donors (Lipinski definition) is 2. The first-order valence-corrected chi connectivity index (χ1v) is 7.15. The fraction of sp³-hybridized carbons (Fsp3) is 0.267. The molecule has 1 amide bonds. The maximum atomic E-state index is 12.1. The van der Waals surface area contributed by atoms with Gasteiger partial charge in [-0.1, -0.05) is 30.7 Å². The number of rotatable bonds is 6. The molecule has 0 aliphatic carbocycles. The first kappa shape index (κ1) is 15.3. The summed E-state index contributed by atoms with van der Waals surface area (Å²) >= 11 is 5.90. The number of hydrogen-bond acceptors (Lipinski definition) is 4. The van der Waals surface area contributed by atoms with E-state index in [0.717, 1.165) is 18.5 Å². The van der Waals surface area contributed by atoms with Crippen LogP contribution in [0.15, 0.2) is 36.7 Å². The van der Waals surface area contributed by atoms with Crippen molar-refractivity contribution in [3.8, 4) is 0 Å². The first-order valence-electron chi connectivity index (χ1n) is 6.77. The summed E-state index contributed by atoms with van der Waals surface area (Å²) in [6.07, 6.45) is 4.03. The third kappa shape index (κ3) is 4.72. The molecule has 0 bridgehead atoms. The molecular weight excluding hydrogens is 288 g/mol. The molecule has 0 saturated heterocycles.